The number of hydrogen-bond donors (Lipinski definition) is 1. The predicted molar refractivity (Wildman–Crippen MR) is 76.3 cm³/mol. The number of rotatable bonds is 4. The van der Waals surface area contributed by atoms with Gasteiger partial charge in [-0.3, -0.25) is 4.79 Å². The Morgan fingerprint density at radius 1 is 1.40 bits per heavy atom. The van der Waals surface area contributed by atoms with Crippen LogP contribution >= 0.6 is 0 Å². The van der Waals surface area contributed by atoms with Crippen molar-refractivity contribution in [3.63, 3.8) is 0 Å². The molecule has 0 aromatic heterocycles. The number of nitrogens with zero attached hydrogens (tertiary/aromatic N) is 1. The van der Waals surface area contributed by atoms with E-state index in [9.17, 15) is 13.2 Å². The summed E-state index contributed by atoms with van der Waals surface area (Å²) in [5.74, 6) is 0.662. The number of benzene rings is 1. The highest BCUT2D eigenvalue weighted by Crippen LogP contribution is 2.31. The van der Waals surface area contributed by atoms with Crippen LogP contribution in [-0.2, 0) is 21.4 Å². The summed E-state index contributed by atoms with van der Waals surface area (Å²) < 4.78 is 30.9. The number of carbonyl (C=O) groups is 1. The standard InChI is InChI=1S/C13H18N2O4S/c1-3-20(17,18)14-9-10-4-5-12-11(8-10)15(2)13(16)6-7-19-12/h4-5,8,14H,3,6-7,9H2,1-2H3. The van der Waals surface area contributed by atoms with Crippen LogP contribution in [0.15, 0.2) is 18.2 Å². The number of amides is 1. The second-order valence-corrected chi connectivity index (χ2v) is 6.67. The fraction of sp³-hybridized carbons (Fsp3) is 0.462. The third kappa shape index (κ3) is 3.29. The van der Waals surface area contributed by atoms with Gasteiger partial charge in [-0.15, -0.1) is 0 Å². The Morgan fingerprint density at radius 2 is 2.15 bits per heavy atom. The van der Waals surface area contributed by atoms with E-state index in [0.29, 0.717) is 24.5 Å². The maximum Gasteiger partial charge on any atom is 0.230 e. The number of carbonyl (C=O) groups excluding carboxylic acids is 1. The first-order valence-electron chi connectivity index (χ1n) is 6.42. The quantitative estimate of drug-likeness (QED) is 0.895. The van der Waals surface area contributed by atoms with E-state index in [1.807, 2.05) is 0 Å². The van der Waals surface area contributed by atoms with Crippen LogP contribution in [0.5, 0.6) is 5.75 Å². The van der Waals surface area contributed by atoms with Crippen molar-refractivity contribution < 1.29 is 17.9 Å². The number of fused-ring (bicyclic) bond motifs is 1. The zero-order valence-electron chi connectivity index (χ0n) is 11.5. The van der Waals surface area contributed by atoms with E-state index in [1.54, 1.807) is 37.1 Å². The number of hydrogen-bond acceptors (Lipinski definition) is 4. The van der Waals surface area contributed by atoms with Crippen molar-refractivity contribution in [3.8, 4) is 5.75 Å². The van der Waals surface area contributed by atoms with E-state index in [4.69, 9.17) is 4.74 Å². The zero-order valence-corrected chi connectivity index (χ0v) is 12.4. The highest BCUT2D eigenvalue weighted by molar-refractivity contribution is 7.89. The highest BCUT2D eigenvalue weighted by Gasteiger charge is 2.20. The lowest BCUT2D eigenvalue weighted by atomic mass is 10.1. The minimum Gasteiger partial charge on any atom is -0.491 e. The molecule has 1 aromatic rings. The molecule has 1 aliphatic rings. The maximum atomic E-state index is 11.8. The van der Waals surface area contributed by atoms with Crippen LogP contribution in [-0.4, -0.2) is 33.7 Å². The number of nitrogens with one attached hydrogen (secondary N) is 1. The van der Waals surface area contributed by atoms with Crippen LogP contribution in [0.3, 0.4) is 0 Å². The Bertz CT molecular complexity index is 613. The SMILES string of the molecule is CCS(=O)(=O)NCc1ccc2c(c1)N(C)C(=O)CCO2. The van der Waals surface area contributed by atoms with Gasteiger partial charge < -0.3 is 9.64 Å². The van der Waals surface area contributed by atoms with E-state index in [1.165, 1.54) is 0 Å². The molecule has 0 spiro atoms. The fourth-order valence-electron chi connectivity index (χ4n) is 1.90. The molecule has 0 radical (unpaired) electrons. The number of anilines is 1. The second-order valence-electron chi connectivity index (χ2n) is 4.58. The Morgan fingerprint density at radius 3 is 2.85 bits per heavy atom. The van der Waals surface area contributed by atoms with Gasteiger partial charge in [0.05, 0.1) is 24.5 Å². The minimum absolute atomic E-state index is 0.0185. The molecule has 110 valence electrons. The van der Waals surface area contributed by atoms with Gasteiger partial charge in [-0.2, -0.15) is 0 Å². The molecule has 0 fully saturated rings. The Hall–Kier alpha value is -1.60. The largest absolute Gasteiger partial charge is 0.491 e. The van der Waals surface area contributed by atoms with E-state index >= 15 is 0 Å². The summed E-state index contributed by atoms with van der Waals surface area (Å²) in [5, 5.41) is 0. The van der Waals surface area contributed by atoms with Gasteiger partial charge in [0.15, 0.2) is 0 Å². The molecule has 0 saturated heterocycles. The summed E-state index contributed by atoms with van der Waals surface area (Å²) >= 11 is 0. The molecule has 0 bridgehead atoms. The van der Waals surface area contributed by atoms with Gasteiger partial charge in [0.1, 0.15) is 5.75 Å². The van der Waals surface area contributed by atoms with Gasteiger partial charge in [0, 0.05) is 13.6 Å². The molecule has 1 aromatic carbocycles. The molecule has 1 aliphatic heterocycles. The first-order valence-corrected chi connectivity index (χ1v) is 8.08. The van der Waals surface area contributed by atoms with Crippen molar-refractivity contribution in [2.45, 2.75) is 19.9 Å². The van der Waals surface area contributed by atoms with Crippen molar-refractivity contribution >= 4 is 21.6 Å². The van der Waals surface area contributed by atoms with Crippen LogP contribution in [0.1, 0.15) is 18.9 Å². The second kappa shape index (κ2) is 5.80. The van der Waals surface area contributed by atoms with Gasteiger partial charge >= 0.3 is 0 Å². The lowest BCUT2D eigenvalue weighted by Gasteiger charge is -2.17. The van der Waals surface area contributed by atoms with E-state index in [0.717, 1.165) is 5.56 Å². The van der Waals surface area contributed by atoms with Crippen molar-refractivity contribution in [2.24, 2.45) is 0 Å². The van der Waals surface area contributed by atoms with E-state index in [-0.39, 0.29) is 18.2 Å². The average molecular weight is 298 g/mol. The molecular formula is C13H18N2O4S. The van der Waals surface area contributed by atoms with Crippen LogP contribution < -0.4 is 14.4 Å². The minimum atomic E-state index is -3.23. The molecule has 0 saturated carbocycles. The van der Waals surface area contributed by atoms with E-state index in [2.05, 4.69) is 4.72 Å². The monoisotopic (exact) mass is 298 g/mol. The lowest BCUT2D eigenvalue weighted by Crippen LogP contribution is -2.26. The molecule has 0 aliphatic carbocycles. The summed E-state index contributed by atoms with van der Waals surface area (Å²) in [6.07, 6.45) is 0.336. The fourth-order valence-corrected chi connectivity index (χ4v) is 2.49. The average Bonchev–Trinajstić information content (AvgIpc) is 2.57. The van der Waals surface area contributed by atoms with Crippen molar-refractivity contribution in [2.75, 3.05) is 24.3 Å². The van der Waals surface area contributed by atoms with E-state index < -0.39 is 10.0 Å². The third-order valence-corrected chi connectivity index (χ3v) is 4.55. The molecule has 1 heterocycles. The Balaban J connectivity index is 2.22. The predicted octanol–water partition coefficient (Wildman–Crippen LogP) is 0.871. The number of ether oxygens (including phenoxy) is 1. The van der Waals surface area contributed by atoms with Gasteiger partial charge in [-0.1, -0.05) is 6.07 Å². The topological polar surface area (TPSA) is 75.7 Å². The summed E-state index contributed by atoms with van der Waals surface area (Å²) in [7, 11) is -1.54. The molecule has 2 rings (SSSR count). The first-order chi connectivity index (χ1) is 9.43. The molecule has 20 heavy (non-hydrogen) atoms. The summed E-state index contributed by atoms with van der Waals surface area (Å²) in [4.78, 5) is 13.3. The highest BCUT2D eigenvalue weighted by atomic mass is 32.2. The lowest BCUT2D eigenvalue weighted by molar-refractivity contribution is -0.118. The third-order valence-electron chi connectivity index (χ3n) is 3.21. The number of sulfonamides is 1. The van der Waals surface area contributed by atoms with Crippen LogP contribution in [0.25, 0.3) is 0 Å². The zero-order chi connectivity index (χ0) is 14.8. The molecule has 0 atom stereocenters. The van der Waals surface area contributed by atoms with Gasteiger partial charge in [0.25, 0.3) is 0 Å². The van der Waals surface area contributed by atoms with Crippen molar-refractivity contribution in [1.82, 2.24) is 4.72 Å². The molecule has 1 N–H and O–H groups in total. The molecule has 1 amide bonds. The van der Waals surface area contributed by atoms with Crippen LogP contribution in [0.4, 0.5) is 5.69 Å². The van der Waals surface area contributed by atoms with Crippen molar-refractivity contribution in [1.29, 1.82) is 0 Å². The Kier molecular flexibility index (Phi) is 4.29. The molecule has 6 nitrogen and oxygen atoms in total. The van der Waals surface area contributed by atoms with Gasteiger partial charge in [0.2, 0.25) is 15.9 Å². The molecular weight excluding hydrogens is 280 g/mol. The smallest absolute Gasteiger partial charge is 0.230 e. The van der Waals surface area contributed by atoms with Crippen LogP contribution in [0.2, 0.25) is 0 Å². The molecule has 7 heteroatoms. The maximum absolute atomic E-state index is 11.8. The summed E-state index contributed by atoms with van der Waals surface area (Å²) in [6, 6.07) is 5.33. The summed E-state index contributed by atoms with van der Waals surface area (Å²) in [5.41, 5.74) is 1.45. The molecule has 0 unspecified atom stereocenters. The Labute approximate surface area is 118 Å². The van der Waals surface area contributed by atoms with Gasteiger partial charge in [-0.05, 0) is 24.6 Å². The summed E-state index contributed by atoms with van der Waals surface area (Å²) in [6.45, 7) is 2.14. The van der Waals surface area contributed by atoms with Crippen LogP contribution in [0, 0.1) is 0 Å². The van der Waals surface area contributed by atoms with Gasteiger partial charge in [-0.25, -0.2) is 13.1 Å². The normalized spacial score (nSPS) is 15.5. The first kappa shape index (κ1) is 14.8. The van der Waals surface area contributed by atoms with Crippen molar-refractivity contribution in [3.05, 3.63) is 23.8 Å².